The van der Waals surface area contributed by atoms with Crippen LogP contribution in [0.15, 0.2) is 0 Å². The maximum absolute atomic E-state index is 10.1. The topological polar surface area (TPSA) is 49.3 Å². The normalized spacial score (nSPS) is 13.2. The molecule has 0 fully saturated rings. The molecule has 0 saturated heterocycles. The van der Waals surface area contributed by atoms with E-state index in [1.54, 1.807) is 7.05 Å². The van der Waals surface area contributed by atoms with Crippen LogP contribution in [0, 0.1) is 0 Å². The molecule has 0 aliphatic carbocycles. The quantitative estimate of drug-likeness (QED) is 0.563. The van der Waals surface area contributed by atoms with Crippen molar-refractivity contribution in [1.29, 1.82) is 0 Å². The summed E-state index contributed by atoms with van der Waals surface area (Å²) in [5.74, 6) is -0.814. The number of hydrogen-bond donors (Lipinski definition) is 2. The van der Waals surface area contributed by atoms with Crippen LogP contribution in [0.25, 0.3) is 0 Å². The van der Waals surface area contributed by atoms with E-state index in [0.29, 0.717) is 5.32 Å². The average Bonchev–Trinajstić information content (AvgIpc) is 1.69. The van der Waals surface area contributed by atoms with Gasteiger partial charge in [0.15, 0.2) is 0 Å². The summed E-state index contributed by atoms with van der Waals surface area (Å²) in [4.78, 5) is 10.1. The summed E-state index contributed by atoms with van der Waals surface area (Å²) in [7, 11) is 1.62. The third kappa shape index (κ3) is 2.31. The molecule has 0 aliphatic rings. The predicted octanol–water partition coefficient (Wildman–Crippen LogP) is -0.754. The van der Waals surface area contributed by atoms with E-state index in [9.17, 15) is 4.79 Å². The number of aliphatic carboxylic acids is 1. The van der Waals surface area contributed by atoms with Gasteiger partial charge in [-0.15, -0.1) is 0 Å². The summed E-state index contributed by atoms with van der Waals surface area (Å²) in [6.45, 7) is 0. The first kappa shape index (κ1) is 7.95. The number of rotatable bonds is 3. The fourth-order valence-corrected chi connectivity index (χ4v) is 0.927. The van der Waals surface area contributed by atoms with Crippen LogP contribution in [0.3, 0.4) is 0 Å². The number of hydrogen-bond acceptors (Lipinski definition) is 2. The van der Waals surface area contributed by atoms with Gasteiger partial charge in [-0.1, -0.05) is 0 Å². The zero-order chi connectivity index (χ0) is 6.57. The number of carbonyl (C=O) groups is 1. The van der Waals surface area contributed by atoms with Crippen LogP contribution in [0.2, 0.25) is 5.32 Å². The molecule has 0 aliphatic heterocycles. The second-order valence-electron chi connectivity index (χ2n) is 1.35. The molecule has 0 spiro atoms. The molecule has 8 heavy (non-hydrogen) atoms. The van der Waals surface area contributed by atoms with Crippen molar-refractivity contribution in [2.45, 2.75) is 11.4 Å². The molecular weight excluding hydrogens is 173 g/mol. The Bertz CT molecular complexity index is 82.1. The molecule has 0 saturated carbocycles. The van der Waals surface area contributed by atoms with Crippen LogP contribution >= 0.6 is 0 Å². The number of likely N-dealkylation sites (N-methyl/N-ethyl adjacent to an activating group) is 1. The summed E-state index contributed by atoms with van der Waals surface area (Å²) in [5, 5.41) is 11.4. The van der Waals surface area contributed by atoms with Crippen LogP contribution < -0.4 is 5.32 Å². The zero-order valence-electron chi connectivity index (χ0n) is 4.55. The van der Waals surface area contributed by atoms with Crippen molar-refractivity contribution in [2.24, 2.45) is 0 Å². The minimum atomic E-state index is -0.814. The molecule has 0 bridgehead atoms. The van der Waals surface area contributed by atoms with Crippen molar-refractivity contribution in [3.8, 4) is 0 Å². The van der Waals surface area contributed by atoms with Gasteiger partial charge in [0.1, 0.15) is 0 Å². The molecule has 0 heterocycles. The molecule has 0 amide bonds. The van der Waals surface area contributed by atoms with Crippen molar-refractivity contribution in [1.82, 2.24) is 5.32 Å². The van der Waals surface area contributed by atoms with Gasteiger partial charge in [0.25, 0.3) is 0 Å². The van der Waals surface area contributed by atoms with Crippen molar-refractivity contribution in [2.75, 3.05) is 7.05 Å². The first-order chi connectivity index (χ1) is 3.72. The molecule has 0 aromatic carbocycles. The van der Waals surface area contributed by atoms with Crippen molar-refractivity contribution in [3.63, 3.8) is 0 Å². The SMILES string of the molecule is CN[C@@H](C[Se])C(=O)O. The average molecular weight is 181 g/mol. The Balaban J connectivity index is 3.52. The molecule has 0 unspecified atom stereocenters. The van der Waals surface area contributed by atoms with Gasteiger partial charge in [-0.05, 0) is 0 Å². The summed E-state index contributed by atoms with van der Waals surface area (Å²) in [5.41, 5.74) is 0. The van der Waals surface area contributed by atoms with E-state index in [2.05, 4.69) is 21.3 Å². The Labute approximate surface area is 56.3 Å². The summed E-state index contributed by atoms with van der Waals surface area (Å²) in [6.07, 6.45) is 0. The molecule has 3 nitrogen and oxygen atoms in total. The molecule has 4 heteroatoms. The van der Waals surface area contributed by atoms with E-state index in [1.807, 2.05) is 0 Å². The molecule has 0 aromatic heterocycles. The van der Waals surface area contributed by atoms with Crippen LogP contribution in [0.4, 0.5) is 0 Å². The van der Waals surface area contributed by atoms with Crippen LogP contribution in [0.1, 0.15) is 0 Å². The fraction of sp³-hybridized carbons (Fsp3) is 0.750. The monoisotopic (exact) mass is 182 g/mol. The van der Waals surface area contributed by atoms with E-state index >= 15 is 0 Å². The first-order valence-electron chi connectivity index (χ1n) is 2.20. The fourth-order valence-electron chi connectivity index (χ4n) is 0.278. The van der Waals surface area contributed by atoms with Gasteiger partial charge in [0.2, 0.25) is 0 Å². The Morgan fingerprint density at radius 2 is 2.50 bits per heavy atom. The van der Waals surface area contributed by atoms with Gasteiger partial charge in [-0.25, -0.2) is 0 Å². The Kier molecular flexibility index (Phi) is 3.87. The summed E-state index contributed by atoms with van der Waals surface area (Å²) >= 11 is 2.63. The van der Waals surface area contributed by atoms with Gasteiger partial charge < -0.3 is 0 Å². The maximum atomic E-state index is 10.1. The standard InChI is InChI=1S/C4H8NO2Se/c1-5-3(2-8)4(6)7/h3,5H,2H2,1H3,(H,6,7)/t3-/m0/s1. The van der Waals surface area contributed by atoms with E-state index in [0.717, 1.165) is 0 Å². The first-order valence-corrected chi connectivity index (χ1v) is 3.41. The molecule has 1 radical (unpaired) electrons. The van der Waals surface area contributed by atoms with Gasteiger partial charge in [0, 0.05) is 0 Å². The predicted molar refractivity (Wildman–Crippen MR) is 31.0 cm³/mol. The molecule has 1 atom stereocenters. The van der Waals surface area contributed by atoms with Gasteiger partial charge in [-0.3, -0.25) is 0 Å². The van der Waals surface area contributed by atoms with Crippen molar-refractivity contribution >= 4 is 22.0 Å². The molecule has 2 N–H and O–H groups in total. The van der Waals surface area contributed by atoms with Crippen molar-refractivity contribution < 1.29 is 9.90 Å². The number of nitrogens with one attached hydrogen (secondary N) is 1. The Morgan fingerprint density at radius 1 is 2.00 bits per heavy atom. The van der Waals surface area contributed by atoms with Crippen LogP contribution in [-0.4, -0.2) is 40.2 Å². The van der Waals surface area contributed by atoms with E-state index < -0.39 is 12.0 Å². The van der Waals surface area contributed by atoms with Crippen LogP contribution in [-0.2, 0) is 4.79 Å². The molecule has 0 aromatic rings. The molecular formula is C4H8NO2Se. The third-order valence-electron chi connectivity index (χ3n) is 0.813. The second-order valence-corrected chi connectivity index (χ2v) is 2.05. The molecule has 0 rings (SSSR count). The number of carboxylic acids is 1. The summed E-state index contributed by atoms with van der Waals surface area (Å²) in [6, 6.07) is -0.435. The third-order valence-corrected chi connectivity index (χ3v) is 1.51. The van der Waals surface area contributed by atoms with Crippen LogP contribution in [0.5, 0.6) is 0 Å². The van der Waals surface area contributed by atoms with E-state index in [4.69, 9.17) is 5.11 Å². The van der Waals surface area contributed by atoms with Gasteiger partial charge in [0.05, 0.1) is 0 Å². The number of carboxylic acid groups (broad SMARTS) is 1. The van der Waals surface area contributed by atoms with Gasteiger partial charge in [-0.2, -0.15) is 0 Å². The van der Waals surface area contributed by atoms with Gasteiger partial charge >= 0.3 is 55.6 Å². The van der Waals surface area contributed by atoms with E-state index in [-0.39, 0.29) is 0 Å². The summed E-state index contributed by atoms with van der Waals surface area (Å²) < 4.78 is 0. The minimum absolute atomic E-state index is 0.435. The second kappa shape index (κ2) is 3.89. The van der Waals surface area contributed by atoms with E-state index in [1.165, 1.54) is 0 Å². The molecule has 47 valence electrons. The zero-order valence-corrected chi connectivity index (χ0v) is 6.26. The van der Waals surface area contributed by atoms with Crippen molar-refractivity contribution in [3.05, 3.63) is 0 Å². The Morgan fingerprint density at radius 3 is 2.50 bits per heavy atom. The Hall–Kier alpha value is -0.0505.